The number of esters is 1. The second-order valence-electron chi connectivity index (χ2n) is 10.7. The van der Waals surface area contributed by atoms with Crippen LogP contribution >= 0.6 is 0 Å². The van der Waals surface area contributed by atoms with E-state index in [0.717, 1.165) is 59.8 Å². The minimum atomic E-state index is -0.483. The molecule has 1 aliphatic heterocycles. The Balaban J connectivity index is 1.35. The zero-order valence-corrected chi connectivity index (χ0v) is 24.7. The van der Waals surface area contributed by atoms with Crippen LogP contribution in [0.1, 0.15) is 38.4 Å². The predicted molar refractivity (Wildman–Crippen MR) is 161 cm³/mol. The van der Waals surface area contributed by atoms with E-state index in [9.17, 15) is 9.59 Å². The highest BCUT2D eigenvalue weighted by molar-refractivity contribution is 5.98. The molecule has 1 amide bonds. The van der Waals surface area contributed by atoms with E-state index in [0.29, 0.717) is 30.2 Å². The van der Waals surface area contributed by atoms with Crippen molar-refractivity contribution in [1.82, 2.24) is 24.8 Å². The molecule has 1 fully saturated rings. The first-order chi connectivity index (χ1) is 20.3. The van der Waals surface area contributed by atoms with E-state index in [1.54, 1.807) is 32.5 Å². The summed E-state index contributed by atoms with van der Waals surface area (Å²) in [7, 11) is 5.06. The highest BCUT2D eigenvalue weighted by atomic mass is 16.5. The average Bonchev–Trinajstić information content (AvgIpc) is 3.42. The third kappa shape index (κ3) is 6.18. The first kappa shape index (κ1) is 29.3. The fourth-order valence-corrected chi connectivity index (χ4v) is 5.43. The first-order valence-electron chi connectivity index (χ1n) is 14.0. The van der Waals surface area contributed by atoms with Crippen LogP contribution in [-0.4, -0.2) is 96.7 Å². The van der Waals surface area contributed by atoms with Crippen LogP contribution in [0, 0.1) is 13.8 Å². The van der Waals surface area contributed by atoms with Gasteiger partial charge in [-0.25, -0.2) is 19.7 Å². The number of amides is 1. The maximum absolute atomic E-state index is 13.5. The number of aromatic nitrogens is 3. The average molecular weight is 572 g/mol. The Hall–Kier alpha value is -4.19. The first-order valence-corrected chi connectivity index (χ1v) is 14.0. The number of fused-ring (bicyclic) bond motifs is 1. The summed E-state index contributed by atoms with van der Waals surface area (Å²) >= 11 is 0. The van der Waals surface area contributed by atoms with Crippen LogP contribution in [0.5, 0.6) is 0 Å². The van der Waals surface area contributed by atoms with Gasteiger partial charge in [-0.05, 0) is 61.7 Å². The molecule has 220 valence electrons. The molecule has 3 aromatic rings. The molecule has 1 aromatic carbocycles. The molecule has 3 heterocycles. The Bertz CT molecular complexity index is 1520. The highest BCUT2D eigenvalue weighted by Crippen LogP contribution is 2.37. The number of carbonyl (C=O) groups excluding carboxylic acids is 2. The number of nitrogens with one attached hydrogen (secondary N) is 2. The van der Waals surface area contributed by atoms with Gasteiger partial charge in [0.25, 0.3) is 0 Å². The van der Waals surface area contributed by atoms with Gasteiger partial charge in [0.15, 0.2) is 5.69 Å². The molecule has 1 atom stereocenters. The standard InChI is InChI=1S/C31H37N7O4/c1-19-15-21(17-32-28(19)30(40)42-5)34-31-33-16-20(2)27(36-31)24-10-9-23-22(24)7-6-8-25(23)35-29(39)26(18-41-4)38-13-11-37(3)12-14-38/h6-8,10,15-17,26H,9,11-14,18H2,1-5H3,(H,35,39)(H,33,34,36)/t26-/m1/s1. The lowest BCUT2D eigenvalue weighted by Crippen LogP contribution is -2.54. The second-order valence-corrected chi connectivity index (χ2v) is 10.7. The zero-order valence-electron chi connectivity index (χ0n) is 24.7. The number of rotatable bonds is 9. The van der Waals surface area contributed by atoms with Crippen molar-refractivity contribution in [2.24, 2.45) is 0 Å². The molecule has 2 aromatic heterocycles. The molecule has 1 saturated heterocycles. The lowest BCUT2D eigenvalue weighted by atomic mass is 9.99. The van der Waals surface area contributed by atoms with E-state index in [1.165, 1.54) is 7.11 Å². The Morgan fingerprint density at radius 1 is 1.05 bits per heavy atom. The van der Waals surface area contributed by atoms with E-state index < -0.39 is 5.97 Å². The van der Waals surface area contributed by atoms with Crippen LogP contribution < -0.4 is 10.6 Å². The minimum absolute atomic E-state index is 0.0601. The van der Waals surface area contributed by atoms with Crippen LogP contribution in [-0.2, 0) is 20.7 Å². The van der Waals surface area contributed by atoms with Gasteiger partial charge in [0.05, 0.1) is 31.3 Å². The van der Waals surface area contributed by atoms with Crippen LogP contribution in [0.15, 0.2) is 42.7 Å². The number of likely N-dealkylation sites (N-methyl/N-ethyl adjacent to an activating group) is 1. The number of nitrogens with zero attached hydrogens (tertiary/aromatic N) is 5. The van der Waals surface area contributed by atoms with Crippen molar-refractivity contribution in [2.45, 2.75) is 26.3 Å². The summed E-state index contributed by atoms with van der Waals surface area (Å²) in [5.41, 5.74) is 7.22. The number of benzene rings is 1. The van der Waals surface area contributed by atoms with Gasteiger partial charge in [0, 0.05) is 50.7 Å². The summed E-state index contributed by atoms with van der Waals surface area (Å²) in [5, 5.41) is 6.39. The molecule has 0 unspecified atom stereocenters. The zero-order chi connectivity index (χ0) is 29.8. The van der Waals surface area contributed by atoms with Crippen LogP contribution in [0.2, 0.25) is 0 Å². The number of hydrogen-bond donors (Lipinski definition) is 2. The predicted octanol–water partition coefficient (Wildman–Crippen LogP) is 3.21. The topological polar surface area (TPSA) is 122 Å². The quantitative estimate of drug-likeness (QED) is 0.370. The fraction of sp³-hybridized carbons (Fsp3) is 0.387. The molecule has 2 aliphatic rings. The summed E-state index contributed by atoms with van der Waals surface area (Å²) in [6.07, 6.45) is 6.15. The molecule has 2 N–H and O–H groups in total. The molecule has 1 aliphatic carbocycles. The van der Waals surface area contributed by atoms with Crippen molar-refractivity contribution < 1.29 is 19.1 Å². The van der Waals surface area contributed by atoms with Crippen LogP contribution in [0.4, 0.5) is 17.3 Å². The van der Waals surface area contributed by atoms with Crippen molar-refractivity contribution in [1.29, 1.82) is 0 Å². The van der Waals surface area contributed by atoms with Gasteiger partial charge in [-0.1, -0.05) is 18.2 Å². The van der Waals surface area contributed by atoms with E-state index >= 15 is 0 Å². The molecular weight excluding hydrogens is 534 g/mol. The number of piperazine rings is 1. The van der Waals surface area contributed by atoms with Gasteiger partial charge in [-0.3, -0.25) is 9.69 Å². The largest absolute Gasteiger partial charge is 0.464 e. The van der Waals surface area contributed by atoms with Gasteiger partial charge in [-0.15, -0.1) is 0 Å². The molecule has 0 spiro atoms. The molecule has 11 heteroatoms. The summed E-state index contributed by atoms with van der Waals surface area (Å²) < 4.78 is 10.2. The van der Waals surface area contributed by atoms with E-state index in [4.69, 9.17) is 14.5 Å². The normalized spacial score (nSPS) is 16.0. The number of ether oxygens (including phenoxy) is 2. The number of allylic oxidation sites excluding steroid dienone is 1. The Morgan fingerprint density at radius 3 is 2.55 bits per heavy atom. The number of anilines is 3. The number of aryl methyl sites for hydroxylation is 2. The molecule has 11 nitrogen and oxygen atoms in total. The Labute approximate surface area is 246 Å². The third-order valence-electron chi connectivity index (χ3n) is 7.78. The SMILES string of the molecule is COC[C@H](C(=O)Nc1cccc2c1CC=C2c1nc(Nc2cnc(C(=O)OC)c(C)c2)ncc1C)N1CCN(C)CC1. The van der Waals surface area contributed by atoms with Gasteiger partial charge >= 0.3 is 5.97 Å². The Kier molecular flexibility index (Phi) is 8.91. The third-order valence-corrected chi connectivity index (χ3v) is 7.78. The monoisotopic (exact) mass is 571 g/mol. The number of methoxy groups -OCH3 is 2. The van der Waals surface area contributed by atoms with Gasteiger partial charge in [-0.2, -0.15) is 0 Å². The molecule has 5 rings (SSSR count). The maximum atomic E-state index is 13.5. The second kappa shape index (κ2) is 12.8. The molecule has 42 heavy (non-hydrogen) atoms. The fourth-order valence-electron chi connectivity index (χ4n) is 5.43. The van der Waals surface area contributed by atoms with Crippen molar-refractivity contribution in [2.75, 3.05) is 64.7 Å². The molecule has 0 saturated carbocycles. The Morgan fingerprint density at radius 2 is 1.83 bits per heavy atom. The van der Waals surface area contributed by atoms with Crippen molar-refractivity contribution in [3.05, 3.63) is 76.4 Å². The smallest absolute Gasteiger partial charge is 0.356 e. The molecular formula is C31H37N7O4. The summed E-state index contributed by atoms with van der Waals surface area (Å²) in [4.78, 5) is 43.4. The van der Waals surface area contributed by atoms with Gasteiger partial charge in [0.2, 0.25) is 11.9 Å². The number of hydrogen-bond acceptors (Lipinski definition) is 10. The number of pyridine rings is 1. The van der Waals surface area contributed by atoms with Crippen LogP contribution in [0.25, 0.3) is 5.57 Å². The summed E-state index contributed by atoms with van der Waals surface area (Å²) in [5.74, 6) is -0.130. The molecule has 0 bridgehead atoms. The molecule has 0 radical (unpaired) electrons. The van der Waals surface area contributed by atoms with Crippen LogP contribution in [0.3, 0.4) is 0 Å². The minimum Gasteiger partial charge on any atom is -0.464 e. The van der Waals surface area contributed by atoms with Crippen molar-refractivity contribution in [3.63, 3.8) is 0 Å². The van der Waals surface area contributed by atoms with Crippen molar-refractivity contribution >= 4 is 34.8 Å². The number of carbonyl (C=O) groups is 2. The van der Waals surface area contributed by atoms with E-state index in [1.807, 2.05) is 19.1 Å². The van der Waals surface area contributed by atoms with Gasteiger partial charge < -0.3 is 25.0 Å². The lowest BCUT2D eigenvalue weighted by molar-refractivity contribution is -0.124. The highest BCUT2D eigenvalue weighted by Gasteiger charge is 2.30. The lowest BCUT2D eigenvalue weighted by Gasteiger charge is -2.36. The summed E-state index contributed by atoms with van der Waals surface area (Å²) in [6.45, 7) is 7.61. The van der Waals surface area contributed by atoms with E-state index in [-0.39, 0.29) is 17.6 Å². The van der Waals surface area contributed by atoms with E-state index in [2.05, 4.69) is 49.6 Å². The summed E-state index contributed by atoms with van der Waals surface area (Å²) in [6, 6.07) is 7.42. The van der Waals surface area contributed by atoms with Gasteiger partial charge in [0.1, 0.15) is 6.04 Å². The maximum Gasteiger partial charge on any atom is 0.356 e. The van der Waals surface area contributed by atoms with Crippen molar-refractivity contribution in [3.8, 4) is 0 Å².